The topological polar surface area (TPSA) is 76.2 Å². The van der Waals surface area contributed by atoms with Crippen molar-refractivity contribution < 1.29 is 23.9 Å². The number of methoxy groups -OCH3 is 1. The van der Waals surface area contributed by atoms with Crippen molar-refractivity contribution in [1.82, 2.24) is 9.80 Å². The molecular formula is C21H20N2O5. The van der Waals surface area contributed by atoms with Gasteiger partial charge in [0.25, 0.3) is 11.8 Å². The molecule has 2 aromatic carbocycles. The second-order valence-electron chi connectivity index (χ2n) is 6.25. The Morgan fingerprint density at radius 2 is 1.54 bits per heavy atom. The molecule has 0 bridgehead atoms. The summed E-state index contributed by atoms with van der Waals surface area (Å²) in [6.07, 6.45) is 1.44. The highest BCUT2D eigenvalue weighted by molar-refractivity contribution is 6.30. The number of benzene rings is 2. The average Bonchev–Trinajstić information content (AvgIpc) is 2.73. The van der Waals surface area contributed by atoms with Crippen LogP contribution in [0.3, 0.4) is 0 Å². The molecule has 28 heavy (non-hydrogen) atoms. The summed E-state index contributed by atoms with van der Waals surface area (Å²) in [6.45, 7) is 0.342. The van der Waals surface area contributed by atoms with Crippen molar-refractivity contribution in [2.75, 3.05) is 21.2 Å². The fourth-order valence-corrected chi connectivity index (χ4v) is 2.77. The predicted molar refractivity (Wildman–Crippen MR) is 103 cm³/mol. The number of hydrogen-bond donors (Lipinski definition) is 0. The first-order valence-electron chi connectivity index (χ1n) is 8.59. The van der Waals surface area contributed by atoms with Crippen LogP contribution < -0.4 is 9.47 Å². The first-order valence-corrected chi connectivity index (χ1v) is 8.59. The van der Waals surface area contributed by atoms with E-state index in [4.69, 9.17) is 9.47 Å². The molecule has 0 unspecified atom stereocenters. The third-order valence-electron chi connectivity index (χ3n) is 4.38. The zero-order valence-electron chi connectivity index (χ0n) is 15.8. The number of rotatable bonds is 5. The van der Waals surface area contributed by atoms with Gasteiger partial charge in [-0.15, -0.1) is 0 Å². The molecule has 0 saturated carbocycles. The van der Waals surface area contributed by atoms with E-state index in [0.717, 1.165) is 15.4 Å². The van der Waals surface area contributed by atoms with E-state index >= 15 is 0 Å². The van der Waals surface area contributed by atoms with Gasteiger partial charge in [-0.1, -0.05) is 36.4 Å². The van der Waals surface area contributed by atoms with Crippen molar-refractivity contribution in [2.24, 2.45) is 0 Å². The lowest BCUT2D eigenvalue weighted by Crippen LogP contribution is -2.52. The molecule has 3 rings (SSSR count). The Labute approximate surface area is 162 Å². The Bertz CT molecular complexity index is 927. The Morgan fingerprint density at radius 1 is 0.893 bits per heavy atom. The van der Waals surface area contributed by atoms with E-state index in [-0.39, 0.29) is 5.57 Å². The van der Waals surface area contributed by atoms with Crippen LogP contribution in [0.4, 0.5) is 4.79 Å². The molecule has 0 N–H and O–H groups in total. The molecule has 1 aliphatic rings. The standard InChI is InChI=1S/C21H20N2O5/c1-22-19(24)16(20(25)23(2)21(22)26)11-15-9-10-17(27-3)18(12-15)28-13-14-7-5-4-6-8-14/h4-12H,13H2,1-3H3. The monoisotopic (exact) mass is 380 g/mol. The van der Waals surface area contributed by atoms with E-state index in [2.05, 4.69) is 0 Å². The van der Waals surface area contributed by atoms with Crippen molar-refractivity contribution in [1.29, 1.82) is 0 Å². The zero-order chi connectivity index (χ0) is 20.3. The van der Waals surface area contributed by atoms with Crippen LogP contribution in [-0.2, 0) is 16.2 Å². The van der Waals surface area contributed by atoms with Crippen LogP contribution in [0.1, 0.15) is 11.1 Å². The van der Waals surface area contributed by atoms with E-state index in [0.29, 0.717) is 23.7 Å². The fraction of sp³-hybridized carbons (Fsp3) is 0.190. The largest absolute Gasteiger partial charge is 0.493 e. The number of nitrogens with zero attached hydrogens (tertiary/aromatic N) is 2. The number of amides is 4. The highest BCUT2D eigenvalue weighted by atomic mass is 16.5. The maximum absolute atomic E-state index is 12.3. The minimum atomic E-state index is -0.659. The molecule has 7 heteroatoms. The third-order valence-corrected chi connectivity index (χ3v) is 4.38. The lowest BCUT2D eigenvalue weighted by Gasteiger charge is -2.28. The Kier molecular flexibility index (Phi) is 5.44. The molecule has 0 spiro atoms. The lowest BCUT2D eigenvalue weighted by molar-refractivity contribution is -0.134. The number of hydrogen-bond acceptors (Lipinski definition) is 5. The molecule has 1 heterocycles. The number of likely N-dealkylation sites (N-methyl/N-ethyl adjacent to an activating group) is 2. The van der Waals surface area contributed by atoms with Gasteiger partial charge in [0.2, 0.25) is 0 Å². The summed E-state index contributed by atoms with van der Waals surface area (Å²) in [7, 11) is 4.21. The van der Waals surface area contributed by atoms with Crippen LogP contribution in [0.25, 0.3) is 6.08 Å². The van der Waals surface area contributed by atoms with Gasteiger partial charge >= 0.3 is 6.03 Å². The molecule has 1 saturated heterocycles. The zero-order valence-corrected chi connectivity index (χ0v) is 15.8. The van der Waals surface area contributed by atoms with Gasteiger partial charge in [-0.2, -0.15) is 0 Å². The van der Waals surface area contributed by atoms with Gasteiger partial charge in [-0.25, -0.2) is 4.79 Å². The molecule has 0 radical (unpaired) electrons. The average molecular weight is 380 g/mol. The minimum Gasteiger partial charge on any atom is -0.493 e. The van der Waals surface area contributed by atoms with Crippen LogP contribution in [0, 0.1) is 0 Å². The number of urea groups is 1. The first-order chi connectivity index (χ1) is 13.4. The number of carbonyl (C=O) groups excluding carboxylic acids is 3. The van der Waals surface area contributed by atoms with Gasteiger partial charge < -0.3 is 9.47 Å². The maximum Gasteiger partial charge on any atom is 0.333 e. The van der Waals surface area contributed by atoms with Crippen LogP contribution >= 0.6 is 0 Å². The Morgan fingerprint density at radius 3 is 2.14 bits per heavy atom. The van der Waals surface area contributed by atoms with Crippen LogP contribution in [0.15, 0.2) is 54.1 Å². The minimum absolute atomic E-state index is 0.0937. The highest BCUT2D eigenvalue weighted by Crippen LogP contribution is 2.30. The third kappa shape index (κ3) is 3.73. The summed E-state index contributed by atoms with van der Waals surface area (Å²) in [5.41, 5.74) is 1.48. The molecule has 4 amide bonds. The Hall–Kier alpha value is -3.61. The summed E-state index contributed by atoms with van der Waals surface area (Å²) in [4.78, 5) is 38.4. The smallest absolute Gasteiger partial charge is 0.333 e. The van der Waals surface area contributed by atoms with Crippen molar-refractivity contribution in [3.63, 3.8) is 0 Å². The highest BCUT2D eigenvalue weighted by Gasteiger charge is 2.37. The molecular weight excluding hydrogens is 360 g/mol. The van der Waals surface area contributed by atoms with Gasteiger partial charge in [0, 0.05) is 14.1 Å². The molecule has 2 aromatic rings. The number of ether oxygens (including phenoxy) is 2. The first kappa shape index (κ1) is 19.2. The molecule has 0 aromatic heterocycles. The second kappa shape index (κ2) is 7.96. The van der Waals surface area contributed by atoms with Crippen molar-refractivity contribution in [3.8, 4) is 11.5 Å². The van der Waals surface area contributed by atoms with Gasteiger partial charge in [0.15, 0.2) is 11.5 Å². The fourth-order valence-electron chi connectivity index (χ4n) is 2.77. The molecule has 1 aliphatic heterocycles. The maximum atomic E-state index is 12.3. The summed E-state index contributed by atoms with van der Waals surface area (Å²) >= 11 is 0. The van der Waals surface area contributed by atoms with Gasteiger partial charge in [0.1, 0.15) is 12.2 Å². The van der Waals surface area contributed by atoms with Gasteiger partial charge in [0.05, 0.1) is 7.11 Å². The van der Waals surface area contributed by atoms with Crippen molar-refractivity contribution in [2.45, 2.75) is 6.61 Å². The summed E-state index contributed by atoms with van der Waals surface area (Å²) in [6, 6.07) is 14.1. The predicted octanol–water partition coefficient (Wildman–Crippen LogP) is 2.71. The van der Waals surface area contributed by atoms with E-state index in [1.54, 1.807) is 18.2 Å². The van der Waals surface area contributed by atoms with E-state index < -0.39 is 17.8 Å². The molecule has 7 nitrogen and oxygen atoms in total. The normalized spacial score (nSPS) is 14.4. The van der Waals surface area contributed by atoms with Crippen LogP contribution in [-0.4, -0.2) is 48.9 Å². The van der Waals surface area contributed by atoms with E-state index in [1.165, 1.54) is 27.3 Å². The van der Waals surface area contributed by atoms with Crippen LogP contribution in [0.2, 0.25) is 0 Å². The number of imide groups is 2. The molecule has 0 atom stereocenters. The SMILES string of the molecule is COc1ccc(C=C2C(=O)N(C)C(=O)N(C)C2=O)cc1OCc1ccccc1. The Balaban J connectivity index is 1.90. The summed E-state index contributed by atoms with van der Waals surface area (Å²) in [5.74, 6) is -0.274. The van der Waals surface area contributed by atoms with Gasteiger partial charge in [-0.05, 0) is 29.3 Å². The van der Waals surface area contributed by atoms with Crippen molar-refractivity contribution >= 4 is 23.9 Å². The number of barbiturate groups is 1. The molecule has 144 valence electrons. The van der Waals surface area contributed by atoms with Gasteiger partial charge in [-0.3, -0.25) is 19.4 Å². The lowest BCUT2D eigenvalue weighted by atomic mass is 10.1. The molecule has 0 aliphatic carbocycles. The quantitative estimate of drug-likeness (QED) is 0.589. The number of carbonyl (C=O) groups is 3. The second-order valence-corrected chi connectivity index (χ2v) is 6.25. The van der Waals surface area contributed by atoms with E-state index in [1.807, 2.05) is 30.3 Å². The summed E-state index contributed by atoms with van der Waals surface area (Å²) < 4.78 is 11.2. The van der Waals surface area contributed by atoms with Crippen LogP contribution in [0.5, 0.6) is 11.5 Å². The summed E-state index contributed by atoms with van der Waals surface area (Å²) in [5, 5.41) is 0. The van der Waals surface area contributed by atoms with E-state index in [9.17, 15) is 14.4 Å². The van der Waals surface area contributed by atoms with Crippen molar-refractivity contribution in [3.05, 3.63) is 65.2 Å². The molecule has 1 fully saturated rings.